The molecule has 3 aliphatic heterocycles. The molecule has 3 aliphatic rings. The van der Waals surface area contributed by atoms with Gasteiger partial charge in [0.2, 0.25) is 21.8 Å². The van der Waals surface area contributed by atoms with Crippen molar-refractivity contribution in [2.45, 2.75) is 56.8 Å². The Morgan fingerprint density at radius 3 is 2.53 bits per heavy atom. The van der Waals surface area contributed by atoms with E-state index in [9.17, 15) is 18.0 Å². The first-order valence-corrected chi connectivity index (χ1v) is 12.6. The number of rotatable bonds is 4. The molecule has 2 amide bonds. The second kappa shape index (κ2) is 8.67. The van der Waals surface area contributed by atoms with Gasteiger partial charge in [-0.2, -0.15) is 4.31 Å². The van der Waals surface area contributed by atoms with E-state index >= 15 is 0 Å². The van der Waals surface area contributed by atoms with Gasteiger partial charge in [-0.3, -0.25) is 9.59 Å². The Labute approximate surface area is 179 Å². The number of carbonyl (C=O) groups excluding carboxylic acids is 2. The zero-order valence-electron chi connectivity index (χ0n) is 17.7. The first-order chi connectivity index (χ1) is 14.4. The standard InChI is InChI=1S/C22H31N3O4S/c1-2-21(26)23-11-6-7-18(16-23)22(27)25-14-10-17-15-19(8-9-20(17)25)30(28,29)24-12-4-3-5-13-24/h8-9,15,18H,2-7,10-14,16H2,1H3. The van der Waals surface area contributed by atoms with Crippen LogP contribution in [0.1, 0.15) is 51.0 Å². The summed E-state index contributed by atoms with van der Waals surface area (Å²) >= 11 is 0. The predicted molar refractivity (Wildman–Crippen MR) is 115 cm³/mol. The van der Waals surface area contributed by atoms with Crippen LogP contribution in [0.4, 0.5) is 5.69 Å². The molecule has 2 saturated heterocycles. The van der Waals surface area contributed by atoms with E-state index in [0.717, 1.165) is 49.9 Å². The summed E-state index contributed by atoms with van der Waals surface area (Å²) in [6.07, 6.45) is 5.65. The summed E-state index contributed by atoms with van der Waals surface area (Å²) < 4.78 is 27.6. The number of amides is 2. The quantitative estimate of drug-likeness (QED) is 0.731. The molecule has 0 saturated carbocycles. The average molecular weight is 434 g/mol. The number of carbonyl (C=O) groups is 2. The number of sulfonamides is 1. The minimum Gasteiger partial charge on any atom is -0.342 e. The Hall–Kier alpha value is -1.93. The fourth-order valence-corrected chi connectivity index (χ4v) is 6.44. The highest BCUT2D eigenvalue weighted by Crippen LogP contribution is 2.33. The lowest BCUT2D eigenvalue weighted by Crippen LogP contribution is -2.46. The van der Waals surface area contributed by atoms with Gasteiger partial charge < -0.3 is 9.80 Å². The second-order valence-electron chi connectivity index (χ2n) is 8.53. The van der Waals surface area contributed by atoms with E-state index in [0.29, 0.717) is 43.9 Å². The third kappa shape index (κ3) is 3.99. The normalized spacial score (nSPS) is 22.8. The van der Waals surface area contributed by atoms with E-state index in [-0.39, 0.29) is 17.7 Å². The molecule has 1 aromatic carbocycles. The van der Waals surface area contributed by atoms with Gasteiger partial charge in [-0.25, -0.2) is 8.42 Å². The maximum atomic E-state index is 13.2. The molecule has 0 N–H and O–H groups in total. The second-order valence-corrected chi connectivity index (χ2v) is 10.5. The molecule has 1 unspecified atom stereocenters. The lowest BCUT2D eigenvalue weighted by atomic mass is 9.96. The van der Waals surface area contributed by atoms with E-state index in [1.54, 1.807) is 32.3 Å². The van der Waals surface area contributed by atoms with Crippen LogP contribution < -0.4 is 4.90 Å². The number of nitrogens with zero attached hydrogens (tertiary/aromatic N) is 3. The van der Waals surface area contributed by atoms with E-state index in [1.807, 2.05) is 6.92 Å². The molecule has 2 fully saturated rings. The first kappa shape index (κ1) is 21.3. The predicted octanol–water partition coefficient (Wildman–Crippen LogP) is 2.40. The molecule has 0 aliphatic carbocycles. The molecule has 30 heavy (non-hydrogen) atoms. The van der Waals surface area contributed by atoms with Crippen LogP contribution in [-0.4, -0.2) is 62.2 Å². The van der Waals surface area contributed by atoms with Crippen molar-refractivity contribution in [3.8, 4) is 0 Å². The molecule has 3 heterocycles. The molecule has 4 rings (SSSR count). The van der Waals surface area contributed by atoms with Crippen LogP contribution in [-0.2, 0) is 26.0 Å². The molecule has 0 spiro atoms. The maximum Gasteiger partial charge on any atom is 0.243 e. The zero-order valence-corrected chi connectivity index (χ0v) is 18.5. The van der Waals surface area contributed by atoms with E-state index < -0.39 is 10.0 Å². The van der Waals surface area contributed by atoms with Crippen molar-refractivity contribution in [1.82, 2.24) is 9.21 Å². The van der Waals surface area contributed by atoms with Crippen molar-refractivity contribution in [2.75, 3.05) is 37.6 Å². The lowest BCUT2D eigenvalue weighted by molar-refractivity contribution is -0.134. The van der Waals surface area contributed by atoms with Gasteiger partial charge in [-0.15, -0.1) is 0 Å². The Morgan fingerprint density at radius 1 is 1.03 bits per heavy atom. The summed E-state index contributed by atoms with van der Waals surface area (Å²) in [6, 6.07) is 5.18. The molecule has 8 heteroatoms. The van der Waals surface area contributed by atoms with E-state index in [4.69, 9.17) is 0 Å². The van der Waals surface area contributed by atoms with E-state index in [2.05, 4.69) is 0 Å². The summed E-state index contributed by atoms with van der Waals surface area (Å²) in [6.45, 7) is 4.79. The summed E-state index contributed by atoms with van der Waals surface area (Å²) in [4.78, 5) is 29.2. The fourth-order valence-electron chi connectivity index (χ4n) is 4.87. The Morgan fingerprint density at radius 2 is 1.80 bits per heavy atom. The number of anilines is 1. The molecule has 1 aromatic rings. The van der Waals surface area contributed by atoms with Crippen molar-refractivity contribution in [2.24, 2.45) is 5.92 Å². The van der Waals surface area contributed by atoms with Crippen molar-refractivity contribution in [3.63, 3.8) is 0 Å². The number of hydrogen-bond acceptors (Lipinski definition) is 4. The van der Waals surface area contributed by atoms with Crippen LogP contribution in [0.2, 0.25) is 0 Å². The van der Waals surface area contributed by atoms with Gasteiger partial charge in [0.25, 0.3) is 0 Å². The van der Waals surface area contributed by atoms with Gasteiger partial charge in [-0.05, 0) is 55.9 Å². The first-order valence-electron chi connectivity index (χ1n) is 11.1. The minimum atomic E-state index is -3.48. The molecular weight excluding hydrogens is 402 g/mol. The Balaban J connectivity index is 1.51. The van der Waals surface area contributed by atoms with E-state index in [1.165, 1.54) is 0 Å². The topological polar surface area (TPSA) is 78.0 Å². The number of hydrogen-bond donors (Lipinski definition) is 0. The lowest BCUT2D eigenvalue weighted by Gasteiger charge is -2.34. The van der Waals surface area contributed by atoms with Crippen LogP contribution in [0, 0.1) is 5.92 Å². The summed E-state index contributed by atoms with van der Waals surface area (Å²) in [5.41, 5.74) is 1.73. The van der Waals surface area contributed by atoms with Crippen LogP contribution in [0.25, 0.3) is 0 Å². The van der Waals surface area contributed by atoms with Crippen LogP contribution in [0.3, 0.4) is 0 Å². The Bertz CT molecular complexity index is 924. The number of likely N-dealkylation sites (tertiary alicyclic amines) is 1. The van der Waals surface area contributed by atoms with Crippen LogP contribution in [0.15, 0.2) is 23.1 Å². The Kier molecular flexibility index (Phi) is 6.16. The smallest absolute Gasteiger partial charge is 0.243 e. The third-order valence-electron chi connectivity index (χ3n) is 6.59. The van der Waals surface area contributed by atoms with Crippen LogP contribution in [0.5, 0.6) is 0 Å². The molecule has 0 bridgehead atoms. The fraction of sp³-hybridized carbons (Fsp3) is 0.636. The van der Waals surface area contributed by atoms with Gasteiger partial charge in [0.05, 0.1) is 10.8 Å². The zero-order chi connectivity index (χ0) is 21.3. The number of fused-ring (bicyclic) bond motifs is 1. The summed E-state index contributed by atoms with van der Waals surface area (Å²) in [5.74, 6) is -0.0344. The van der Waals surface area contributed by atoms with Crippen molar-refractivity contribution >= 4 is 27.5 Å². The van der Waals surface area contributed by atoms with Crippen LogP contribution >= 0.6 is 0 Å². The molecule has 1 atom stereocenters. The molecule has 0 radical (unpaired) electrons. The maximum absolute atomic E-state index is 13.2. The highest BCUT2D eigenvalue weighted by molar-refractivity contribution is 7.89. The van der Waals surface area contributed by atoms with Crippen molar-refractivity contribution in [1.29, 1.82) is 0 Å². The van der Waals surface area contributed by atoms with Crippen molar-refractivity contribution < 1.29 is 18.0 Å². The van der Waals surface area contributed by atoms with Gasteiger partial charge in [-0.1, -0.05) is 13.3 Å². The molecule has 164 valence electrons. The molecule has 7 nitrogen and oxygen atoms in total. The highest BCUT2D eigenvalue weighted by Gasteiger charge is 2.35. The summed E-state index contributed by atoms with van der Waals surface area (Å²) in [5, 5.41) is 0. The van der Waals surface area contributed by atoms with Crippen molar-refractivity contribution in [3.05, 3.63) is 23.8 Å². The minimum absolute atomic E-state index is 0.0500. The summed E-state index contributed by atoms with van der Waals surface area (Å²) in [7, 11) is -3.48. The highest BCUT2D eigenvalue weighted by atomic mass is 32.2. The van der Waals surface area contributed by atoms with Gasteiger partial charge >= 0.3 is 0 Å². The van der Waals surface area contributed by atoms with Gasteiger partial charge in [0.15, 0.2) is 0 Å². The number of benzene rings is 1. The largest absolute Gasteiger partial charge is 0.342 e. The monoisotopic (exact) mass is 433 g/mol. The number of piperidine rings is 2. The third-order valence-corrected chi connectivity index (χ3v) is 8.49. The molecular formula is C22H31N3O4S. The van der Waals surface area contributed by atoms with Gasteiger partial charge in [0, 0.05) is 44.8 Å². The SMILES string of the molecule is CCC(=O)N1CCCC(C(=O)N2CCc3cc(S(=O)(=O)N4CCCCC4)ccc32)C1. The molecule has 0 aromatic heterocycles. The average Bonchev–Trinajstić information content (AvgIpc) is 3.22. The van der Waals surface area contributed by atoms with Gasteiger partial charge in [0.1, 0.15) is 0 Å².